The molecule has 0 fully saturated rings. The largest absolute Gasteiger partial charge is 0.495 e. The number of carbonyl (C=O) groups is 1. The predicted molar refractivity (Wildman–Crippen MR) is 120 cm³/mol. The summed E-state index contributed by atoms with van der Waals surface area (Å²) in [6, 6.07) is 12.1. The molecule has 0 unspecified atom stereocenters. The van der Waals surface area contributed by atoms with Gasteiger partial charge in [0.25, 0.3) is 5.69 Å². The number of amides is 1. The number of nitro benzene ring substituents is 1. The molecule has 1 amide bonds. The maximum atomic E-state index is 12.1. The Morgan fingerprint density at radius 1 is 1.13 bits per heavy atom. The Morgan fingerprint density at radius 2 is 1.90 bits per heavy atom. The van der Waals surface area contributed by atoms with E-state index in [2.05, 4.69) is 17.6 Å². The highest BCUT2D eigenvalue weighted by molar-refractivity contribution is 5.91. The standard InChI is InChI=1S/C23H29N3O4/c1-3-4-5-15-24-21-17-19(8-12-22(21)30-2)9-13-23(27)25-16-14-18-6-10-20(11-7-18)26(28)29/h6-13,17,24H,3-5,14-16H2,1-2H3,(H,25,27). The quantitative estimate of drug-likeness (QED) is 0.231. The molecule has 0 aliphatic heterocycles. The Hall–Kier alpha value is -3.35. The van der Waals surface area contributed by atoms with Crippen molar-refractivity contribution in [3.05, 3.63) is 69.8 Å². The fraction of sp³-hybridized carbons (Fsp3) is 0.348. The lowest BCUT2D eigenvalue weighted by molar-refractivity contribution is -0.384. The van der Waals surface area contributed by atoms with E-state index < -0.39 is 4.92 Å². The molecule has 0 radical (unpaired) electrons. The van der Waals surface area contributed by atoms with Gasteiger partial charge < -0.3 is 15.4 Å². The molecule has 0 bridgehead atoms. The summed E-state index contributed by atoms with van der Waals surface area (Å²) in [6.07, 6.45) is 7.30. The number of non-ortho nitro benzene ring substituents is 1. The lowest BCUT2D eigenvalue weighted by Gasteiger charge is -2.12. The monoisotopic (exact) mass is 411 g/mol. The van der Waals surface area contributed by atoms with Crippen LogP contribution in [-0.4, -0.2) is 31.0 Å². The molecule has 2 aromatic rings. The van der Waals surface area contributed by atoms with Gasteiger partial charge in [-0.2, -0.15) is 0 Å². The Bertz CT molecular complexity index is 863. The molecule has 30 heavy (non-hydrogen) atoms. The highest BCUT2D eigenvalue weighted by Gasteiger charge is 2.05. The molecule has 7 heteroatoms. The third-order valence-corrected chi connectivity index (χ3v) is 4.61. The molecular weight excluding hydrogens is 382 g/mol. The van der Waals surface area contributed by atoms with Gasteiger partial charge in [0.15, 0.2) is 0 Å². The molecule has 0 spiro atoms. The summed E-state index contributed by atoms with van der Waals surface area (Å²) in [7, 11) is 1.64. The first-order chi connectivity index (χ1) is 14.5. The molecule has 2 N–H and O–H groups in total. The van der Waals surface area contributed by atoms with Gasteiger partial charge in [0, 0.05) is 31.3 Å². The van der Waals surface area contributed by atoms with Crippen molar-refractivity contribution in [3.8, 4) is 5.75 Å². The zero-order valence-electron chi connectivity index (χ0n) is 17.5. The molecule has 0 saturated heterocycles. The van der Waals surface area contributed by atoms with Gasteiger partial charge in [0.1, 0.15) is 5.75 Å². The summed E-state index contributed by atoms with van der Waals surface area (Å²) < 4.78 is 5.40. The van der Waals surface area contributed by atoms with E-state index in [0.29, 0.717) is 13.0 Å². The average molecular weight is 412 g/mol. The van der Waals surface area contributed by atoms with Gasteiger partial charge in [0.2, 0.25) is 5.91 Å². The minimum Gasteiger partial charge on any atom is -0.495 e. The fourth-order valence-corrected chi connectivity index (χ4v) is 2.91. The summed E-state index contributed by atoms with van der Waals surface area (Å²) in [5, 5.41) is 16.9. The van der Waals surface area contributed by atoms with Crippen molar-refractivity contribution in [2.45, 2.75) is 32.6 Å². The van der Waals surface area contributed by atoms with Crippen LogP contribution < -0.4 is 15.4 Å². The summed E-state index contributed by atoms with van der Waals surface area (Å²) >= 11 is 0. The molecule has 160 valence electrons. The summed E-state index contributed by atoms with van der Waals surface area (Å²) in [5.41, 5.74) is 2.80. The van der Waals surface area contributed by atoms with Crippen LogP contribution in [0.5, 0.6) is 5.75 Å². The third-order valence-electron chi connectivity index (χ3n) is 4.61. The van der Waals surface area contributed by atoms with E-state index in [9.17, 15) is 14.9 Å². The smallest absolute Gasteiger partial charge is 0.269 e. The van der Waals surface area contributed by atoms with Gasteiger partial charge in [-0.05, 0) is 42.2 Å². The van der Waals surface area contributed by atoms with Gasteiger partial charge in [-0.15, -0.1) is 0 Å². The van der Waals surface area contributed by atoms with Crippen LogP contribution in [0.4, 0.5) is 11.4 Å². The van der Waals surface area contributed by atoms with E-state index in [0.717, 1.165) is 35.5 Å². The van der Waals surface area contributed by atoms with Crippen molar-refractivity contribution in [1.82, 2.24) is 5.32 Å². The molecule has 2 aromatic carbocycles. The van der Waals surface area contributed by atoms with Crippen molar-refractivity contribution in [2.75, 3.05) is 25.5 Å². The minimum absolute atomic E-state index is 0.0597. The molecule has 2 rings (SSSR count). The Morgan fingerprint density at radius 3 is 2.57 bits per heavy atom. The highest BCUT2D eigenvalue weighted by atomic mass is 16.6. The van der Waals surface area contributed by atoms with Crippen molar-refractivity contribution in [2.24, 2.45) is 0 Å². The van der Waals surface area contributed by atoms with Crippen molar-refractivity contribution in [3.63, 3.8) is 0 Å². The number of nitrogens with one attached hydrogen (secondary N) is 2. The summed E-state index contributed by atoms with van der Waals surface area (Å²) in [4.78, 5) is 22.3. The van der Waals surface area contributed by atoms with Crippen LogP contribution in [0.15, 0.2) is 48.5 Å². The van der Waals surface area contributed by atoms with E-state index in [1.165, 1.54) is 31.1 Å². The molecule has 0 saturated carbocycles. The number of ether oxygens (including phenoxy) is 1. The second kappa shape index (κ2) is 12.3. The maximum absolute atomic E-state index is 12.1. The number of nitrogens with zero attached hydrogens (tertiary/aromatic N) is 1. The first-order valence-corrected chi connectivity index (χ1v) is 10.1. The molecular formula is C23H29N3O4. The van der Waals surface area contributed by atoms with E-state index >= 15 is 0 Å². The molecule has 0 heterocycles. The number of rotatable bonds is 12. The number of anilines is 1. The van der Waals surface area contributed by atoms with Gasteiger partial charge >= 0.3 is 0 Å². The van der Waals surface area contributed by atoms with Gasteiger partial charge in [-0.3, -0.25) is 14.9 Å². The van der Waals surface area contributed by atoms with E-state index in [1.54, 1.807) is 25.3 Å². The number of methoxy groups -OCH3 is 1. The summed E-state index contributed by atoms with van der Waals surface area (Å²) in [6.45, 7) is 3.50. The van der Waals surface area contributed by atoms with Crippen LogP contribution >= 0.6 is 0 Å². The lowest BCUT2D eigenvalue weighted by atomic mass is 10.1. The van der Waals surface area contributed by atoms with Crippen molar-refractivity contribution >= 4 is 23.4 Å². The first-order valence-electron chi connectivity index (χ1n) is 10.1. The van der Waals surface area contributed by atoms with Crippen LogP contribution in [0, 0.1) is 10.1 Å². The number of carbonyl (C=O) groups excluding carboxylic acids is 1. The van der Waals surface area contributed by atoms with Crippen molar-refractivity contribution in [1.29, 1.82) is 0 Å². The fourth-order valence-electron chi connectivity index (χ4n) is 2.91. The molecule has 0 aliphatic carbocycles. The summed E-state index contributed by atoms with van der Waals surface area (Å²) in [5.74, 6) is 0.585. The van der Waals surface area contributed by atoms with Crippen LogP contribution in [-0.2, 0) is 11.2 Å². The molecule has 0 aromatic heterocycles. The van der Waals surface area contributed by atoms with Crippen molar-refractivity contribution < 1.29 is 14.5 Å². The minimum atomic E-state index is -0.429. The van der Waals surface area contributed by atoms with Gasteiger partial charge in [-0.25, -0.2) is 0 Å². The zero-order valence-corrected chi connectivity index (χ0v) is 17.5. The van der Waals surface area contributed by atoms with E-state index in [1.807, 2.05) is 18.2 Å². The highest BCUT2D eigenvalue weighted by Crippen LogP contribution is 2.26. The van der Waals surface area contributed by atoms with Gasteiger partial charge in [0.05, 0.1) is 17.7 Å². The number of hydrogen-bond acceptors (Lipinski definition) is 5. The number of hydrogen-bond donors (Lipinski definition) is 2. The van der Waals surface area contributed by atoms with E-state index in [-0.39, 0.29) is 11.6 Å². The second-order valence-electron chi connectivity index (χ2n) is 6.89. The topological polar surface area (TPSA) is 93.5 Å². The van der Waals surface area contributed by atoms with Crippen LogP contribution in [0.1, 0.15) is 37.3 Å². The van der Waals surface area contributed by atoms with E-state index in [4.69, 9.17) is 4.74 Å². The Labute approximate surface area is 177 Å². The number of unbranched alkanes of at least 4 members (excludes halogenated alkanes) is 2. The normalized spacial score (nSPS) is 10.7. The SMILES string of the molecule is CCCCCNc1cc(C=CC(=O)NCCc2ccc([N+](=O)[O-])cc2)ccc1OC. The van der Waals surface area contributed by atoms with Crippen LogP contribution in [0.2, 0.25) is 0 Å². The maximum Gasteiger partial charge on any atom is 0.269 e. The number of benzene rings is 2. The Kier molecular flexibility index (Phi) is 9.37. The van der Waals surface area contributed by atoms with Crippen LogP contribution in [0.3, 0.4) is 0 Å². The molecule has 0 atom stereocenters. The predicted octanol–water partition coefficient (Wildman–Crippen LogP) is 4.58. The Balaban J connectivity index is 1.85. The lowest BCUT2D eigenvalue weighted by Crippen LogP contribution is -2.23. The molecule has 0 aliphatic rings. The zero-order chi connectivity index (χ0) is 21.8. The first kappa shape index (κ1) is 22.9. The number of nitro groups is 1. The third kappa shape index (κ3) is 7.58. The molecule has 7 nitrogen and oxygen atoms in total. The second-order valence-corrected chi connectivity index (χ2v) is 6.89. The van der Waals surface area contributed by atoms with Gasteiger partial charge in [-0.1, -0.05) is 38.0 Å². The van der Waals surface area contributed by atoms with Crippen LogP contribution in [0.25, 0.3) is 6.08 Å². The average Bonchev–Trinajstić information content (AvgIpc) is 2.75.